The number of ether oxygens (including phenoxy) is 1. The van der Waals surface area contributed by atoms with Crippen molar-refractivity contribution >= 4 is 11.6 Å². The number of halogens is 1. The van der Waals surface area contributed by atoms with Gasteiger partial charge in [0.1, 0.15) is 11.6 Å². The van der Waals surface area contributed by atoms with Gasteiger partial charge in [0.05, 0.1) is 31.6 Å². The van der Waals surface area contributed by atoms with Crippen LogP contribution < -0.4 is 9.80 Å². The highest BCUT2D eigenvalue weighted by Gasteiger charge is 2.16. The molecule has 5 rings (SSSR count). The van der Waals surface area contributed by atoms with Crippen molar-refractivity contribution in [3.63, 3.8) is 0 Å². The molecule has 1 atom stereocenters. The Morgan fingerprint density at radius 2 is 1.79 bits per heavy atom. The van der Waals surface area contributed by atoms with E-state index in [1.54, 1.807) is 6.20 Å². The summed E-state index contributed by atoms with van der Waals surface area (Å²) in [7, 11) is 2.01. The quantitative estimate of drug-likeness (QED) is 0.433. The molecule has 34 heavy (non-hydrogen) atoms. The molecule has 1 aliphatic rings. The molecule has 1 fully saturated rings. The smallest absolute Gasteiger partial charge is 0.161 e. The summed E-state index contributed by atoms with van der Waals surface area (Å²) in [6, 6.07) is 12.1. The molecule has 0 bridgehead atoms. The first-order valence-electron chi connectivity index (χ1n) is 11.2. The number of anilines is 2. The first-order chi connectivity index (χ1) is 16.6. The lowest BCUT2D eigenvalue weighted by molar-refractivity contribution is 0.122. The maximum absolute atomic E-state index is 13.2. The molecular weight excluding hydrogens is 433 g/mol. The van der Waals surface area contributed by atoms with Gasteiger partial charge >= 0.3 is 0 Å². The molecule has 0 aromatic carbocycles. The summed E-state index contributed by atoms with van der Waals surface area (Å²) in [4.78, 5) is 18.0. The van der Waals surface area contributed by atoms with Gasteiger partial charge in [0.2, 0.25) is 0 Å². The van der Waals surface area contributed by atoms with Crippen LogP contribution in [0.15, 0.2) is 67.4 Å². The van der Waals surface area contributed by atoms with Crippen molar-refractivity contribution in [2.45, 2.75) is 13.0 Å². The Kier molecular flexibility index (Phi) is 6.18. The van der Waals surface area contributed by atoms with Gasteiger partial charge in [-0.1, -0.05) is 6.07 Å². The standard InChI is InChI=1S/C25H26FN7O/c1-18(20-3-6-24(29-14-20)33-17-22(26)16-30-33)31(2)23-5-4-21(15-28-23)19-7-8-27-25(13-19)32-9-11-34-12-10-32/h3-8,13-18H,9-12H2,1-2H3. The lowest BCUT2D eigenvalue weighted by Gasteiger charge is -2.28. The Balaban J connectivity index is 1.29. The summed E-state index contributed by atoms with van der Waals surface area (Å²) in [5.74, 6) is 2.00. The molecule has 0 radical (unpaired) electrons. The summed E-state index contributed by atoms with van der Waals surface area (Å²) in [5, 5.41) is 3.95. The fourth-order valence-electron chi connectivity index (χ4n) is 3.96. The van der Waals surface area contributed by atoms with Crippen molar-refractivity contribution in [3.8, 4) is 16.9 Å². The van der Waals surface area contributed by atoms with E-state index in [0.717, 1.165) is 60.8 Å². The van der Waals surface area contributed by atoms with E-state index in [0.29, 0.717) is 5.82 Å². The first-order valence-corrected chi connectivity index (χ1v) is 11.2. The lowest BCUT2D eigenvalue weighted by Crippen LogP contribution is -2.36. The van der Waals surface area contributed by atoms with E-state index in [9.17, 15) is 4.39 Å². The van der Waals surface area contributed by atoms with Gasteiger partial charge in [-0.2, -0.15) is 5.10 Å². The molecule has 0 N–H and O–H groups in total. The second-order valence-corrected chi connectivity index (χ2v) is 8.25. The zero-order valence-corrected chi connectivity index (χ0v) is 19.2. The van der Waals surface area contributed by atoms with E-state index < -0.39 is 5.82 Å². The predicted octanol–water partition coefficient (Wildman–Crippen LogP) is 3.90. The van der Waals surface area contributed by atoms with Crippen LogP contribution in [0.4, 0.5) is 16.0 Å². The van der Waals surface area contributed by atoms with Gasteiger partial charge in [0.15, 0.2) is 11.6 Å². The maximum Gasteiger partial charge on any atom is 0.161 e. The molecule has 9 heteroatoms. The molecule has 0 saturated carbocycles. The Morgan fingerprint density at radius 1 is 0.941 bits per heavy atom. The van der Waals surface area contributed by atoms with E-state index >= 15 is 0 Å². The van der Waals surface area contributed by atoms with Gasteiger partial charge in [-0.25, -0.2) is 24.0 Å². The average Bonchev–Trinajstić information content (AvgIpc) is 3.35. The maximum atomic E-state index is 13.2. The summed E-state index contributed by atoms with van der Waals surface area (Å²) >= 11 is 0. The Morgan fingerprint density at radius 3 is 2.47 bits per heavy atom. The minimum absolute atomic E-state index is 0.0445. The molecule has 4 aromatic rings. The van der Waals surface area contributed by atoms with Crippen LogP contribution in [0, 0.1) is 5.82 Å². The predicted molar refractivity (Wildman–Crippen MR) is 129 cm³/mol. The monoisotopic (exact) mass is 459 g/mol. The van der Waals surface area contributed by atoms with E-state index in [4.69, 9.17) is 9.72 Å². The number of hydrogen-bond acceptors (Lipinski definition) is 7. The second kappa shape index (κ2) is 9.56. The van der Waals surface area contributed by atoms with Crippen LogP contribution in [-0.2, 0) is 4.74 Å². The van der Waals surface area contributed by atoms with Crippen molar-refractivity contribution in [1.82, 2.24) is 24.7 Å². The van der Waals surface area contributed by atoms with Crippen LogP contribution in [0.2, 0.25) is 0 Å². The van der Waals surface area contributed by atoms with Gasteiger partial charge in [-0.15, -0.1) is 0 Å². The summed E-state index contributed by atoms with van der Waals surface area (Å²) in [6.07, 6.45) is 7.99. The van der Waals surface area contributed by atoms with Crippen LogP contribution >= 0.6 is 0 Å². The van der Waals surface area contributed by atoms with Crippen molar-refractivity contribution in [2.24, 2.45) is 0 Å². The number of aromatic nitrogens is 5. The SMILES string of the molecule is CC(c1ccc(-n2cc(F)cn2)nc1)N(C)c1ccc(-c2ccnc(N3CCOCC3)c2)cn1. The fraction of sp³-hybridized carbons (Fsp3) is 0.280. The number of nitrogens with zero attached hydrogens (tertiary/aromatic N) is 7. The number of pyridine rings is 3. The molecule has 0 aliphatic carbocycles. The van der Waals surface area contributed by atoms with Crippen molar-refractivity contribution < 1.29 is 9.13 Å². The zero-order chi connectivity index (χ0) is 23.5. The van der Waals surface area contributed by atoms with E-state index in [-0.39, 0.29) is 6.04 Å². The third kappa shape index (κ3) is 4.60. The molecule has 5 heterocycles. The Hall–Kier alpha value is -3.85. The van der Waals surface area contributed by atoms with Crippen LogP contribution in [0.5, 0.6) is 0 Å². The summed E-state index contributed by atoms with van der Waals surface area (Å²) in [6.45, 7) is 5.26. The first kappa shape index (κ1) is 22.0. The van der Waals surface area contributed by atoms with E-state index in [1.807, 2.05) is 43.7 Å². The van der Waals surface area contributed by atoms with Gasteiger partial charge in [-0.3, -0.25) is 0 Å². The van der Waals surface area contributed by atoms with Crippen molar-refractivity contribution in [1.29, 1.82) is 0 Å². The highest BCUT2D eigenvalue weighted by Crippen LogP contribution is 2.27. The highest BCUT2D eigenvalue weighted by atomic mass is 19.1. The van der Waals surface area contributed by atoms with Crippen LogP contribution in [0.3, 0.4) is 0 Å². The third-order valence-electron chi connectivity index (χ3n) is 6.14. The molecule has 1 saturated heterocycles. The van der Waals surface area contributed by atoms with Gasteiger partial charge < -0.3 is 14.5 Å². The number of hydrogen-bond donors (Lipinski definition) is 0. The molecule has 0 amide bonds. The topological polar surface area (TPSA) is 72.2 Å². The second-order valence-electron chi connectivity index (χ2n) is 8.25. The highest BCUT2D eigenvalue weighted by molar-refractivity contribution is 5.67. The van der Waals surface area contributed by atoms with Gasteiger partial charge in [-0.05, 0) is 48.4 Å². The lowest BCUT2D eigenvalue weighted by atomic mass is 10.1. The van der Waals surface area contributed by atoms with E-state index in [1.165, 1.54) is 10.9 Å². The molecular formula is C25H26FN7O. The minimum atomic E-state index is -0.391. The minimum Gasteiger partial charge on any atom is -0.378 e. The summed E-state index contributed by atoms with van der Waals surface area (Å²) < 4.78 is 20.1. The average molecular weight is 460 g/mol. The molecule has 1 unspecified atom stereocenters. The molecule has 8 nitrogen and oxygen atoms in total. The third-order valence-corrected chi connectivity index (χ3v) is 6.14. The van der Waals surface area contributed by atoms with Crippen molar-refractivity contribution in [3.05, 3.63) is 78.8 Å². The van der Waals surface area contributed by atoms with Crippen LogP contribution in [0.25, 0.3) is 16.9 Å². The normalized spacial score (nSPS) is 14.7. The Labute approximate surface area is 197 Å². The van der Waals surface area contributed by atoms with Crippen LogP contribution in [0.1, 0.15) is 18.5 Å². The van der Waals surface area contributed by atoms with Crippen molar-refractivity contribution in [2.75, 3.05) is 43.2 Å². The fourth-order valence-corrected chi connectivity index (χ4v) is 3.96. The van der Waals surface area contributed by atoms with Gasteiger partial charge in [0.25, 0.3) is 0 Å². The number of rotatable bonds is 6. The molecule has 0 spiro atoms. The molecule has 174 valence electrons. The summed E-state index contributed by atoms with van der Waals surface area (Å²) in [5.41, 5.74) is 3.15. The Bertz CT molecular complexity index is 1240. The zero-order valence-electron chi connectivity index (χ0n) is 19.2. The van der Waals surface area contributed by atoms with Crippen LogP contribution in [-0.4, -0.2) is 58.1 Å². The largest absolute Gasteiger partial charge is 0.378 e. The van der Waals surface area contributed by atoms with E-state index in [2.05, 4.69) is 43.9 Å². The van der Waals surface area contributed by atoms with Gasteiger partial charge in [0, 0.05) is 44.3 Å². The number of morpholine rings is 1. The molecule has 1 aliphatic heterocycles. The molecule has 4 aromatic heterocycles.